The van der Waals surface area contributed by atoms with Crippen LogP contribution < -0.4 is 4.72 Å². The van der Waals surface area contributed by atoms with Crippen LogP contribution in [0.25, 0.3) is 6.08 Å². The maximum Gasteiger partial charge on any atom is 0.303 e. The van der Waals surface area contributed by atoms with Crippen LogP contribution in [-0.4, -0.2) is 75.2 Å². The second-order valence-electron chi connectivity index (χ2n) is 10.3. The number of benzene rings is 2. The minimum atomic E-state index is -3.85. The number of allylic oxidation sites excluding steroid dienone is 1. The Bertz CT molecular complexity index is 1550. The Morgan fingerprint density at radius 1 is 0.800 bits per heavy atom. The van der Waals surface area contributed by atoms with Gasteiger partial charge in [0.05, 0.1) is 4.90 Å². The number of hydrogen-bond donors (Lipinski definition) is 1. The van der Waals surface area contributed by atoms with E-state index in [1.807, 2.05) is 6.92 Å². The van der Waals surface area contributed by atoms with Crippen LogP contribution in [0.2, 0.25) is 0 Å². The summed E-state index contributed by atoms with van der Waals surface area (Å²) in [6.07, 6.45) is -4.15. The van der Waals surface area contributed by atoms with Gasteiger partial charge in [-0.3, -0.25) is 28.7 Å². The van der Waals surface area contributed by atoms with Gasteiger partial charge in [-0.2, -0.15) is 0 Å². The van der Waals surface area contributed by atoms with Gasteiger partial charge < -0.3 is 23.7 Å². The predicted molar refractivity (Wildman–Crippen MR) is 159 cm³/mol. The Balaban J connectivity index is 1.83. The fraction of sp³-hybridized carbons (Fsp3) is 0.387. The fourth-order valence-electron chi connectivity index (χ4n) is 4.58. The molecular formula is C31H35NO12S. The molecular weight excluding hydrogens is 610 g/mol. The number of sulfonamides is 1. The molecule has 0 aliphatic carbocycles. The maximum absolute atomic E-state index is 13.1. The van der Waals surface area contributed by atoms with Gasteiger partial charge in [0.25, 0.3) is 10.0 Å². The van der Waals surface area contributed by atoms with Crippen molar-refractivity contribution in [1.29, 1.82) is 0 Å². The molecule has 0 aromatic heterocycles. The van der Waals surface area contributed by atoms with E-state index in [4.69, 9.17) is 23.7 Å². The summed E-state index contributed by atoms with van der Waals surface area (Å²) >= 11 is 0. The van der Waals surface area contributed by atoms with E-state index in [0.29, 0.717) is 5.56 Å². The highest BCUT2D eigenvalue weighted by Gasteiger charge is 2.52. The number of carbonyl (C=O) groups is 5. The number of hydrogen-bond acceptors (Lipinski definition) is 12. The first kappa shape index (κ1) is 34.9. The largest absolute Gasteiger partial charge is 0.463 e. The molecule has 1 N–H and O–H groups in total. The van der Waals surface area contributed by atoms with Crippen LogP contribution in [0.3, 0.4) is 0 Å². The van der Waals surface area contributed by atoms with E-state index in [2.05, 4.69) is 4.72 Å². The van der Waals surface area contributed by atoms with Crippen molar-refractivity contribution in [2.45, 2.75) is 76.5 Å². The molecule has 3 rings (SSSR count). The Hall–Kier alpha value is -4.56. The number of esters is 4. The van der Waals surface area contributed by atoms with Crippen molar-refractivity contribution in [2.75, 3.05) is 11.3 Å². The fourth-order valence-corrected chi connectivity index (χ4v) is 5.62. The molecule has 14 heteroatoms. The third-order valence-electron chi connectivity index (χ3n) is 6.42. The van der Waals surface area contributed by atoms with Crippen LogP contribution in [0.1, 0.15) is 45.2 Å². The first-order chi connectivity index (χ1) is 21.1. The summed E-state index contributed by atoms with van der Waals surface area (Å²) in [5, 5.41) is 0. The molecule has 2 aromatic rings. The minimum absolute atomic E-state index is 0.0917. The van der Waals surface area contributed by atoms with E-state index in [0.717, 1.165) is 33.3 Å². The molecule has 0 saturated carbocycles. The second-order valence-corrected chi connectivity index (χ2v) is 12.0. The van der Waals surface area contributed by atoms with Crippen molar-refractivity contribution >= 4 is 51.4 Å². The molecule has 2 aromatic carbocycles. The Morgan fingerprint density at radius 3 is 1.96 bits per heavy atom. The summed E-state index contributed by atoms with van der Waals surface area (Å²) in [4.78, 5) is 60.6. The lowest BCUT2D eigenvalue weighted by molar-refractivity contribution is -0.252. The molecule has 5 atom stereocenters. The molecule has 0 radical (unpaired) electrons. The van der Waals surface area contributed by atoms with Gasteiger partial charge in [-0.05, 0) is 42.8 Å². The maximum atomic E-state index is 13.1. The van der Waals surface area contributed by atoms with E-state index < -0.39 is 76.8 Å². The van der Waals surface area contributed by atoms with Crippen molar-refractivity contribution in [3.05, 3.63) is 65.7 Å². The van der Waals surface area contributed by atoms with E-state index in [-0.39, 0.29) is 17.0 Å². The Morgan fingerprint density at radius 2 is 1.38 bits per heavy atom. The quantitative estimate of drug-likeness (QED) is 0.203. The summed E-state index contributed by atoms with van der Waals surface area (Å²) in [7, 11) is -3.85. The minimum Gasteiger partial charge on any atom is -0.463 e. The Labute approximate surface area is 260 Å². The molecule has 242 valence electrons. The van der Waals surface area contributed by atoms with E-state index in [1.54, 1.807) is 30.3 Å². The zero-order valence-electron chi connectivity index (χ0n) is 25.4. The highest BCUT2D eigenvalue weighted by Crippen LogP contribution is 2.31. The van der Waals surface area contributed by atoms with E-state index >= 15 is 0 Å². The summed E-state index contributed by atoms with van der Waals surface area (Å²) < 4.78 is 55.2. The topological polar surface area (TPSA) is 178 Å². The van der Waals surface area contributed by atoms with Gasteiger partial charge in [0.1, 0.15) is 18.8 Å². The van der Waals surface area contributed by atoms with Crippen LogP contribution in [0.4, 0.5) is 5.69 Å². The predicted octanol–water partition coefficient (Wildman–Crippen LogP) is 2.89. The van der Waals surface area contributed by atoms with Gasteiger partial charge in [-0.1, -0.05) is 35.9 Å². The lowest BCUT2D eigenvalue weighted by Crippen LogP contribution is -2.62. The van der Waals surface area contributed by atoms with Crippen LogP contribution in [0.5, 0.6) is 0 Å². The highest BCUT2D eigenvalue weighted by molar-refractivity contribution is 7.92. The van der Waals surface area contributed by atoms with Gasteiger partial charge in [0.15, 0.2) is 24.1 Å². The van der Waals surface area contributed by atoms with Gasteiger partial charge >= 0.3 is 23.9 Å². The molecule has 1 saturated heterocycles. The van der Waals surface area contributed by atoms with Crippen molar-refractivity contribution in [3.63, 3.8) is 0 Å². The first-order valence-corrected chi connectivity index (χ1v) is 15.3. The van der Waals surface area contributed by atoms with Crippen LogP contribution in [0.15, 0.2) is 59.5 Å². The summed E-state index contributed by atoms with van der Waals surface area (Å²) in [6.45, 7) is 5.90. The third-order valence-corrected chi connectivity index (χ3v) is 7.82. The average Bonchev–Trinajstić information content (AvgIpc) is 2.93. The van der Waals surface area contributed by atoms with Crippen molar-refractivity contribution in [3.8, 4) is 0 Å². The monoisotopic (exact) mass is 645 g/mol. The van der Waals surface area contributed by atoms with Gasteiger partial charge in [-0.15, -0.1) is 0 Å². The molecule has 1 fully saturated rings. The molecule has 0 amide bonds. The average molecular weight is 646 g/mol. The molecule has 1 aliphatic heterocycles. The lowest BCUT2D eigenvalue weighted by atomic mass is 9.91. The first-order valence-electron chi connectivity index (χ1n) is 13.9. The number of anilines is 1. The molecule has 13 nitrogen and oxygen atoms in total. The van der Waals surface area contributed by atoms with Gasteiger partial charge in [0, 0.05) is 39.8 Å². The van der Waals surface area contributed by atoms with Crippen molar-refractivity contribution < 1.29 is 56.1 Å². The third kappa shape index (κ3) is 10.5. The lowest BCUT2D eigenvalue weighted by Gasteiger charge is -2.44. The summed E-state index contributed by atoms with van der Waals surface area (Å²) in [5.74, 6) is -3.49. The molecule has 0 unspecified atom stereocenters. The number of nitrogens with one attached hydrogen (secondary N) is 1. The van der Waals surface area contributed by atoms with Crippen LogP contribution >= 0.6 is 0 Å². The molecule has 0 bridgehead atoms. The van der Waals surface area contributed by atoms with Crippen molar-refractivity contribution in [2.24, 2.45) is 0 Å². The summed E-state index contributed by atoms with van der Waals surface area (Å²) in [6, 6.07) is 12.7. The van der Waals surface area contributed by atoms with Crippen LogP contribution in [-0.2, 0) is 57.7 Å². The standard InChI is InChI=1S/C31H35NO12S/c1-18-9-13-26(14-10-18)45(38,39)32-24-8-6-7-23(15-24)11-12-25(37)16-27-29(41-20(3)34)31(43-22(5)36)30(42-21(4)35)28(44-27)17-40-19(2)33/h6-15,27-32H,16-17H2,1-5H3/b12-11+/t27-,28+,29+,30+,31+/m0/s1. The van der Waals surface area contributed by atoms with Gasteiger partial charge in [0.2, 0.25) is 0 Å². The molecule has 1 aliphatic rings. The number of ether oxygens (including phenoxy) is 5. The zero-order chi connectivity index (χ0) is 33.3. The second kappa shape index (κ2) is 15.4. The zero-order valence-corrected chi connectivity index (χ0v) is 26.2. The normalized spacial score (nSPS) is 21.4. The van der Waals surface area contributed by atoms with E-state index in [9.17, 15) is 32.4 Å². The van der Waals surface area contributed by atoms with Gasteiger partial charge in [-0.25, -0.2) is 8.42 Å². The number of rotatable bonds is 12. The molecule has 45 heavy (non-hydrogen) atoms. The number of carbonyl (C=O) groups excluding carboxylic acids is 5. The Kier molecular flexibility index (Phi) is 12.0. The van der Waals surface area contributed by atoms with Crippen molar-refractivity contribution in [1.82, 2.24) is 0 Å². The molecule has 0 spiro atoms. The SMILES string of the molecule is CC(=O)OC[C@H]1O[C@@H](CC(=O)/C=C/c2cccc(NS(=O)(=O)c3ccc(C)cc3)c2)[C@@H](OC(C)=O)[C@@H](OC(C)=O)[C@@H]1OC(C)=O. The van der Waals surface area contributed by atoms with E-state index in [1.165, 1.54) is 30.4 Å². The molecule has 1 heterocycles. The number of ketones is 1. The number of aryl methyl sites for hydroxylation is 1. The summed E-state index contributed by atoms with van der Waals surface area (Å²) in [5.41, 5.74) is 1.67. The smallest absolute Gasteiger partial charge is 0.303 e. The highest BCUT2D eigenvalue weighted by atomic mass is 32.2. The van der Waals surface area contributed by atoms with Crippen LogP contribution in [0, 0.1) is 6.92 Å².